The second-order valence-electron chi connectivity index (χ2n) is 7.48. The molecule has 0 saturated carbocycles. The Morgan fingerprint density at radius 1 is 1.18 bits per heavy atom. The number of H-pyrrole nitrogens is 1. The third kappa shape index (κ3) is 2.69. The van der Waals surface area contributed by atoms with Crippen molar-refractivity contribution in [2.45, 2.75) is 32.7 Å². The number of pyridine rings is 1. The van der Waals surface area contributed by atoms with E-state index in [4.69, 9.17) is 0 Å². The number of aryl methyl sites for hydroxylation is 2. The number of nitrogens with zero attached hydrogens (tertiary/aromatic N) is 3. The minimum absolute atomic E-state index is 0.0169. The summed E-state index contributed by atoms with van der Waals surface area (Å²) in [5, 5.41) is 8.81. The summed E-state index contributed by atoms with van der Waals surface area (Å²) < 4.78 is 1.86. The van der Waals surface area contributed by atoms with Crippen molar-refractivity contribution in [1.82, 2.24) is 19.7 Å². The minimum atomic E-state index is -0.0253. The van der Waals surface area contributed by atoms with E-state index in [-0.39, 0.29) is 11.8 Å². The van der Waals surface area contributed by atoms with Crippen LogP contribution in [0.2, 0.25) is 0 Å². The summed E-state index contributed by atoms with van der Waals surface area (Å²) in [6.07, 6.45) is 5.84. The highest BCUT2D eigenvalue weighted by Crippen LogP contribution is 2.40. The molecule has 3 aromatic heterocycles. The molecule has 4 aromatic rings. The van der Waals surface area contributed by atoms with Crippen molar-refractivity contribution < 1.29 is 4.79 Å². The molecule has 1 aliphatic rings. The lowest BCUT2D eigenvalue weighted by Crippen LogP contribution is -2.25. The fourth-order valence-corrected chi connectivity index (χ4v) is 4.12. The highest BCUT2D eigenvalue weighted by molar-refractivity contribution is 5.95. The molecular formula is C22H21N5O. The van der Waals surface area contributed by atoms with Crippen LogP contribution in [0.25, 0.3) is 10.9 Å². The van der Waals surface area contributed by atoms with E-state index in [9.17, 15) is 4.79 Å². The largest absolute Gasteiger partial charge is 0.358 e. The van der Waals surface area contributed by atoms with Gasteiger partial charge in [0.25, 0.3) is 0 Å². The molecule has 0 aliphatic carbocycles. The quantitative estimate of drug-likeness (QED) is 0.573. The van der Waals surface area contributed by atoms with Crippen molar-refractivity contribution >= 4 is 22.6 Å². The third-order valence-corrected chi connectivity index (χ3v) is 5.57. The molecule has 28 heavy (non-hydrogen) atoms. The van der Waals surface area contributed by atoms with Crippen LogP contribution < -0.4 is 5.32 Å². The van der Waals surface area contributed by atoms with E-state index >= 15 is 0 Å². The molecule has 1 aromatic carbocycles. The van der Waals surface area contributed by atoms with Crippen molar-refractivity contribution in [2.75, 3.05) is 5.32 Å². The topological polar surface area (TPSA) is 75.6 Å². The lowest BCUT2D eigenvalue weighted by Gasteiger charge is -2.23. The van der Waals surface area contributed by atoms with Crippen LogP contribution in [0.3, 0.4) is 0 Å². The Kier molecular flexibility index (Phi) is 3.79. The van der Waals surface area contributed by atoms with Crippen molar-refractivity contribution in [3.05, 3.63) is 76.9 Å². The zero-order valence-corrected chi connectivity index (χ0v) is 15.9. The van der Waals surface area contributed by atoms with Gasteiger partial charge in [-0.05, 0) is 49.2 Å². The zero-order chi connectivity index (χ0) is 19.3. The van der Waals surface area contributed by atoms with Gasteiger partial charge in [0, 0.05) is 46.9 Å². The molecule has 6 heteroatoms. The van der Waals surface area contributed by atoms with E-state index in [1.807, 2.05) is 23.0 Å². The van der Waals surface area contributed by atoms with Crippen LogP contribution in [0.4, 0.5) is 5.82 Å². The van der Waals surface area contributed by atoms with Crippen molar-refractivity contribution in [3.63, 3.8) is 0 Å². The Hall–Kier alpha value is -3.41. The van der Waals surface area contributed by atoms with E-state index in [1.165, 1.54) is 16.5 Å². The van der Waals surface area contributed by atoms with Gasteiger partial charge in [-0.1, -0.05) is 11.6 Å². The van der Waals surface area contributed by atoms with E-state index in [0.29, 0.717) is 13.0 Å². The summed E-state index contributed by atoms with van der Waals surface area (Å²) in [6, 6.07) is 10.3. The number of hydrogen-bond donors (Lipinski definition) is 2. The van der Waals surface area contributed by atoms with Gasteiger partial charge in [0.15, 0.2) is 0 Å². The fourth-order valence-electron chi connectivity index (χ4n) is 4.12. The first-order valence-electron chi connectivity index (χ1n) is 9.43. The maximum atomic E-state index is 12.5. The van der Waals surface area contributed by atoms with E-state index in [2.05, 4.69) is 52.4 Å². The fraction of sp³-hybridized carbons (Fsp3) is 0.227. The first-order chi connectivity index (χ1) is 13.6. The van der Waals surface area contributed by atoms with Gasteiger partial charge in [0.1, 0.15) is 5.82 Å². The number of rotatable bonds is 3. The van der Waals surface area contributed by atoms with Crippen molar-refractivity contribution in [2.24, 2.45) is 0 Å². The van der Waals surface area contributed by atoms with Gasteiger partial charge in [-0.15, -0.1) is 0 Å². The second kappa shape index (κ2) is 6.34. The first-order valence-corrected chi connectivity index (χ1v) is 9.43. The number of anilines is 1. The predicted molar refractivity (Wildman–Crippen MR) is 108 cm³/mol. The number of carbonyl (C=O) groups is 1. The third-order valence-electron chi connectivity index (χ3n) is 5.57. The Morgan fingerprint density at radius 3 is 2.82 bits per heavy atom. The molecule has 0 spiro atoms. The number of carbonyl (C=O) groups excluding carboxylic acids is 1. The molecular weight excluding hydrogens is 350 g/mol. The maximum Gasteiger partial charge on any atom is 0.226 e. The van der Waals surface area contributed by atoms with E-state index in [1.54, 1.807) is 12.4 Å². The summed E-state index contributed by atoms with van der Waals surface area (Å²) in [5.74, 6) is 0.776. The van der Waals surface area contributed by atoms with Crippen LogP contribution in [0.15, 0.2) is 48.9 Å². The summed E-state index contributed by atoms with van der Waals surface area (Å²) in [5.41, 5.74) is 6.78. The molecule has 5 rings (SSSR count). The number of aromatic nitrogens is 4. The molecule has 4 heterocycles. The summed E-state index contributed by atoms with van der Waals surface area (Å²) in [6.45, 7) is 4.82. The number of hydrogen-bond acceptors (Lipinski definition) is 3. The van der Waals surface area contributed by atoms with Crippen LogP contribution in [0.5, 0.6) is 0 Å². The second-order valence-corrected chi connectivity index (χ2v) is 7.48. The van der Waals surface area contributed by atoms with Gasteiger partial charge in [0.2, 0.25) is 5.91 Å². The van der Waals surface area contributed by atoms with Gasteiger partial charge in [-0.3, -0.25) is 9.78 Å². The summed E-state index contributed by atoms with van der Waals surface area (Å²) in [7, 11) is 0. The van der Waals surface area contributed by atoms with Gasteiger partial charge >= 0.3 is 0 Å². The Morgan fingerprint density at radius 2 is 2.00 bits per heavy atom. The molecule has 1 unspecified atom stereocenters. The average Bonchev–Trinajstić information content (AvgIpc) is 3.23. The monoisotopic (exact) mass is 371 g/mol. The normalized spacial score (nSPS) is 16.2. The number of benzene rings is 1. The van der Waals surface area contributed by atoms with E-state index < -0.39 is 0 Å². The average molecular weight is 371 g/mol. The lowest BCUT2D eigenvalue weighted by atomic mass is 9.89. The Bertz CT molecular complexity index is 1190. The summed E-state index contributed by atoms with van der Waals surface area (Å²) >= 11 is 0. The van der Waals surface area contributed by atoms with Gasteiger partial charge in [-0.2, -0.15) is 5.10 Å². The lowest BCUT2D eigenvalue weighted by molar-refractivity contribution is -0.116. The molecule has 0 radical (unpaired) electrons. The first kappa shape index (κ1) is 16.7. The van der Waals surface area contributed by atoms with Gasteiger partial charge in [-0.25, -0.2) is 4.68 Å². The molecule has 0 fully saturated rings. The molecule has 2 N–H and O–H groups in total. The van der Waals surface area contributed by atoms with Gasteiger partial charge in [0.05, 0.1) is 12.7 Å². The van der Waals surface area contributed by atoms with Gasteiger partial charge < -0.3 is 10.3 Å². The molecule has 140 valence electrons. The molecule has 1 amide bonds. The molecule has 0 bridgehead atoms. The van der Waals surface area contributed by atoms with Crippen LogP contribution in [-0.2, 0) is 11.3 Å². The molecule has 0 saturated heterocycles. The predicted octanol–water partition coefficient (Wildman–Crippen LogP) is 3.90. The zero-order valence-electron chi connectivity index (χ0n) is 15.9. The van der Waals surface area contributed by atoms with Crippen molar-refractivity contribution in [3.8, 4) is 0 Å². The highest BCUT2D eigenvalue weighted by atomic mass is 16.1. The minimum Gasteiger partial charge on any atom is -0.358 e. The number of aromatic amines is 1. The van der Waals surface area contributed by atoms with Crippen LogP contribution in [0.1, 0.15) is 40.3 Å². The summed E-state index contributed by atoms with van der Waals surface area (Å²) in [4.78, 5) is 20.1. The number of amides is 1. The van der Waals surface area contributed by atoms with E-state index in [0.717, 1.165) is 28.2 Å². The van der Waals surface area contributed by atoms with Crippen LogP contribution in [-0.4, -0.2) is 25.7 Å². The molecule has 1 aliphatic heterocycles. The highest BCUT2D eigenvalue weighted by Gasteiger charge is 2.32. The number of fused-ring (bicyclic) bond motifs is 2. The molecule has 1 atom stereocenters. The molecule has 6 nitrogen and oxygen atoms in total. The van der Waals surface area contributed by atoms with Crippen molar-refractivity contribution in [1.29, 1.82) is 0 Å². The van der Waals surface area contributed by atoms with Crippen LogP contribution >= 0.6 is 0 Å². The number of nitrogens with one attached hydrogen (secondary N) is 2. The standard InChI is InChI=1S/C22H21N5O/c1-13-3-4-19-16(9-13)14(2)21(25-19)17-10-20(28)26-22-18(17)11-24-27(22)12-15-5-7-23-8-6-15/h3-9,11,17,25H,10,12H2,1-2H3,(H,26,28). The SMILES string of the molecule is Cc1ccc2[nH]c(C3CC(=O)Nc4c3cnn4Cc3ccncc3)c(C)c2c1. The Balaban J connectivity index is 1.59. The smallest absolute Gasteiger partial charge is 0.226 e. The maximum absolute atomic E-state index is 12.5. The van der Waals surface area contributed by atoms with Crippen LogP contribution in [0, 0.1) is 13.8 Å². The Labute approximate surface area is 162 Å².